The summed E-state index contributed by atoms with van der Waals surface area (Å²) in [5.74, 6) is -2.12. The molecule has 1 N–H and O–H groups in total. The Hall–Kier alpha value is -1.28. The van der Waals surface area contributed by atoms with E-state index in [1.54, 1.807) is 5.32 Å². The Morgan fingerprint density at radius 3 is 1.95 bits per heavy atom. The number of halogens is 4. The molecule has 0 aliphatic rings. The Bertz CT molecular complexity index is 602. The first kappa shape index (κ1) is 15.8. The van der Waals surface area contributed by atoms with Crippen molar-refractivity contribution in [3.05, 3.63) is 23.3 Å². The molecule has 0 spiro atoms. The Labute approximate surface area is 112 Å². The van der Waals surface area contributed by atoms with Crippen LogP contribution in [0.3, 0.4) is 0 Å². The van der Waals surface area contributed by atoms with Crippen LogP contribution in [0.5, 0.6) is 0 Å². The van der Waals surface area contributed by atoms with Gasteiger partial charge in [0.2, 0.25) is 0 Å². The minimum Gasteiger partial charge on any atom is -0.318 e. The second-order valence-corrected chi connectivity index (χ2v) is 6.39. The molecule has 1 rings (SSSR count). The van der Waals surface area contributed by atoms with Gasteiger partial charge in [0.25, 0.3) is 9.05 Å². The van der Waals surface area contributed by atoms with Crippen molar-refractivity contribution in [2.45, 2.75) is 24.9 Å². The lowest BCUT2D eigenvalue weighted by atomic mass is 10.1. The summed E-state index contributed by atoms with van der Waals surface area (Å²) in [6.07, 6.45) is -5.02. The highest BCUT2D eigenvalue weighted by atomic mass is 35.7. The van der Waals surface area contributed by atoms with Crippen molar-refractivity contribution in [1.29, 1.82) is 0 Å². The molecular formula is C10H9ClF3NO3S. The van der Waals surface area contributed by atoms with Crippen LogP contribution < -0.4 is 5.32 Å². The van der Waals surface area contributed by atoms with E-state index in [4.69, 9.17) is 10.7 Å². The molecule has 9 heteroatoms. The van der Waals surface area contributed by atoms with E-state index < -0.39 is 21.1 Å². The molecular weight excluding hydrogens is 307 g/mol. The number of rotatable bonds is 2. The number of carbonyl (C=O) groups is 1. The maximum absolute atomic E-state index is 12.1. The van der Waals surface area contributed by atoms with Crippen molar-refractivity contribution in [3.8, 4) is 0 Å². The van der Waals surface area contributed by atoms with Crippen molar-refractivity contribution in [3.63, 3.8) is 0 Å². The van der Waals surface area contributed by atoms with E-state index >= 15 is 0 Å². The molecule has 1 aromatic rings. The average Bonchev–Trinajstić information content (AvgIpc) is 2.19. The van der Waals surface area contributed by atoms with Crippen LogP contribution in [0.25, 0.3) is 0 Å². The van der Waals surface area contributed by atoms with Gasteiger partial charge in [0, 0.05) is 16.4 Å². The maximum atomic E-state index is 12.1. The fraction of sp³-hybridized carbons (Fsp3) is 0.300. The lowest BCUT2D eigenvalue weighted by molar-refractivity contribution is -0.167. The lowest BCUT2D eigenvalue weighted by Gasteiger charge is -2.14. The molecule has 0 aliphatic carbocycles. The topological polar surface area (TPSA) is 63.2 Å². The normalized spacial score (nSPS) is 12.3. The number of hydrogen-bond donors (Lipinski definition) is 1. The molecule has 0 aromatic heterocycles. The average molecular weight is 316 g/mol. The van der Waals surface area contributed by atoms with Crippen LogP contribution >= 0.6 is 10.7 Å². The van der Waals surface area contributed by atoms with Crippen molar-refractivity contribution in [1.82, 2.24) is 0 Å². The van der Waals surface area contributed by atoms with Crippen LogP contribution in [0.4, 0.5) is 18.9 Å². The van der Waals surface area contributed by atoms with Crippen LogP contribution in [0.15, 0.2) is 17.0 Å². The molecule has 0 unspecified atom stereocenters. The van der Waals surface area contributed by atoms with E-state index in [1.807, 2.05) is 0 Å². The van der Waals surface area contributed by atoms with E-state index in [0.717, 1.165) is 12.1 Å². The molecule has 0 aliphatic heterocycles. The Kier molecular flexibility index (Phi) is 4.16. The second kappa shape index (κ2) is 5.01. The summed E-state index contributed by atoms with van der Waals surface area (Å²) < 4.78 is 58.7. The molecule has 0 atom stereocenters. The largest absolute Gasteiger partial charge is 0.471 e. The van der Waals surface area contributed by atoms with Crippen LogP contribution in [0.1, 0.15) is 11.1 Å². The molecule has 19 heavy (non-hydrogen) atoms. The Balaban J connectivity index is 3.23. The molecule has 0 radical (unpaired) electrons. The minimum absolute atomic E-state index is 0.0913. The number of alkyl halides is 3. The monoisotopic (exact) mass is 315 g/mol. The molecule has 0 fully saturated rings. The van der Waals surface area contributed by atoms with E-state index in [1.165, 1.54) is 13.8 Å². The molecule has 0 saturated heterocycles. The third-order valence-electron chi connectivity index (χ3n) is 2.28. The number of anilines is 1. The summed E-state index contributed by atoms with van der Waals surface area (Å²) in [7, 11) is 1.15. The van der Waals surface area contributed by atoms with Crippen LogP contribution in [-0.4, -0.2) is 20.5 Å². The SMILES string of the molecule is Cc1cc(S(=O)(=O)Cl)cc(C)c1NC(=O)C(F)(F)F. The predicted molar refractivity (Wildman–Crippen MR) is 63.6 cm³/mol. The van der Waals surface area contributed by atoms with Gasteiger partial charge in [0.05, 0.1) is 4.90 Å². The molecule has 106 valence electrons. The number of benzene rings is 1. The third kappa shape index (κ3) is 3.84. The first-order chi connectivity index (χ1) is 8.43. The molecule has 0 bridgehead atoms. The molecule has 0 saturated carbocycles. The van der Waals surface area contributed by atoms with Gasteiger partial charge in [-0.3, -0.25) is 4.79 Å². The van der Waals surface area contributed by atoms with Gasteiger partial charge in [-0.2, -0.15) is 13.2 Å². The fourth-order valence-electron chi connectivity index (χ4n) is 1.45. The number of amides is 1. The lowest BCUT2D eigenvalue weighted by Crippen LogP contribution is -2.30. The summed E-state index contributed by atoms with van der Waals surface area (Å²) in [4.78, 5) is 10.6. The summed E-state index contributed by atoms with van der Waals surface area (Å²) in [5, 5.41) is 1.70. The zero-order chi connectivity index (χ0) is 15.0. The highest BCUT2D eigenvalue weighted by molar-refractivity contribution is 8.13. The molecule has 1 aromatic carbocycles. The van der Waals surface area contributed by atoms with Crippen LogP contribution in [-0.2, 0) is 13.8 Å². The maximum Gasteiger partial charge on any atom is 0.471 e. The van der Waals surface area contributed by atoms with Crippen molar-refractivity contribution in [2.75, 3.05) is 5.32 Å². The van der Waals surface area contributed by atoms with Gasteiger partial charge in [0.15, 0.2) is 0 Å². The highest BCUT2D eigenvalue weighted by Gasteiger charge is 2.39. The van der Waals surface area contributed by atoms with Crippen LogP contribution in [0, 0.1) is 13.8 Å². The van der Waals surface area contributed by atoms with Gasteiger partial charge in [-0.25, -0.2) is 8.42 Å². The minimum atomic E-state index is -5.02. The van der Waals surface area contributed by atoms with Crippen molar-refractivity contribution < 1.29 is 26.4 Å². The summed E-state index contributed by atoms with van der Waals surface area (Å²) in [6, 6.07) is 2.17. The number of aryl methyl sites for hydroxylation is 2. The second-order valence-electron chi connectivity index (χ2n) is 3.82. The van der Waals surface area contributed by atoms with Crippen molar-refractivity contribution in [2.24, 2.45) is 0 Å². The Morgan fingerprint density at radius 2 is 1.63 bits per heavy atom. The van der Waals surface area contributed by atoms with Gasteiger partial charge >= 0.3 is 12.1 Å². The zero-order valence-corrected chi connectivity index (χ0v) is 11.4. The Morgan fingerprint density at radius 1 is 1.21 bits per heavy atom. The summed E-state index contributed by atoms with van der Waals surface area (Å²) >= 11 is 0. The number of carbonyl (C=O) groups excluding carboxylic acids is 1. The van der Waals surface area contributed by atoms with Crippen molar-refractivity contribution >= 4 is 31.3 Å². The van der Waals surface area contributed by atoms with Gasteiger partial charge in [0.1, 0.15) is 0 Å². The third-order valence-corrected chi connectivity index (χ3v) is 3.62. The first-order valence-corrected chi connectivity index (χ1v) is 7.18. The van der Waals surface area contributed by atoms with E-state index in [9.17, 15) is 26.4 Å². The van der Waals surface area contributed by atoms with E-state index in [2.05, 4.69) is 0 Å². The smallest absolute Gasteiger partial charge is 0.318 e. The molecule has 4 nitrogen and oxygen atoms in total. The van der Waals surface area contributed by atoms with E-state index in [-0.39, 0.29) is 21.7 Å². The standard InChI is InChI=1S/C10H9ClF3NO3S/c1-5-3-7(19(11,17)18)4-6(2)8(5)15-9(16)10(12,13)14/h3-4H,1-2H3,(H,15,16). The summed E-state index contributed by atoms with van der Waals surface area (Å²) in [6.45, 7) is 2.73. The molecule has 0 heterocycles. The highest BCUT2D eigenvalue weighted by Crippen LogP contribution is 2.28. The number of nitrogens with one attached hydrogen (secondary N) is 1. The van der Waals surface area contributed by atoms with Crippen LogP contribution in [0.2, 0.25) is 0 Å². The summed E-state index contributed by atoms with van der Waals surface area (Å²) in [5.41, 5.74) is 0.236. The van der Waals surface area contributed by atoms with Gasteiger partial charge in [-0.05, 0) is 37.1 Å². The van der Waals surface area contributed by atoms with Gasteiger partial charge < -0.3 is 5.32 Å². The van der Waals surface area contributed by atoms with Gasteiger partial charge in [-0.1, -0.05) is 0 Å². The zero-order valence-electron chi connectivity index (χ0n) is 9.80. The quantitative estimate of drug-likeness (QED) is 0.854. The van der Waals surface area contributed by atoms with E-state index in [0.29, 0.717) is 0 Å². The fourth-order valence-corrected chi connectivity index (χ4v) is 2.35. The first-order valence-electron chi connectivity index (χ1n) is 4.87. The number of hydrogen-bond acceptors (Lipinski definition) is 3. The van der Waals surface area contributed by atoms with Gasteiger partial charge in [-0.15, -0.1) is 0 Å². The molecule has 1 amide bonds. The predicted octanol–water partition coefficient (Wildman–Crippen LogP) is 2.73.